The maximum Gasteiger partial charge on any atom is 0.242 e. The van der Waals surface area contributed by atoms with Gasteiger partial charge < -0.3 is 24.4 Å². The lowest BCUT2D eigenvalue weighted by Crippen LogP contribution is -2.49. The van der Waals surface area contributed by atoms with Gasteiger partial charge in [0.15, 0.2) is 11.5 Å². The zero-order valence-electron chi connectivity index (χ0n) is 21.1. The number of ether oxygens (including phenoxy) is 3. The molecular weight excluding hydrogens is 432 g/mol. The second kappa shape index (κ2) is 14.1. The average Bonchev–Trinajstić information content (AvgIpc) is 2.87. The number of rotatable bonds is 14. The summed E-state index contributed by atoms with van der Waals surface area (Å²) in [6.07, 6.45) is 3.24. The molecule has 186 valence electrons. The fourth-order valence-corrected chi connectivity index (χ4v) is 3.82. The number of amides is 2. The Hall–Kier alpha value is -3.22. The number of methoxy groups -OCH3 is 3. The molecule has 2 aromatic rings. The lowest BCUT2D eigenvalue weighted by atomic mass is 10.1. The lowest BCUT2D eigenvalue weighted by Gasteiger charge is -2.31. The molecule has 0 unspecified atom stereocenters. The Balaban J connectivity index is 2.22. The minimum atomic E-state index is -0.541. The highest BCUT2D eigenvalue weighted by Gasteiger charge is 2.28. The summed E-state index contributed by atoms with van der Waals surface area (Å²) in [4.78, 5) is 28.1. The number of carbonyl (C=O) groups is 2. The van der Waals surface area contributed by atoms with Crippen molar-refractivity contribution in [3.63, 3.8) is 0 Å². The second-order valence-corrected chi connectivity index (χ2v) is 8.13. The van der Waals surface area contributed by atoms with Crippen molar-refractivity contribution in [1.82, 2.24) is 10.2 Å². The van der Waals surface area contributed by atoms with Gasteiger partial charge >= 0.3 is 0 Å². The minimum absolute atomic E-state index is 0.0740. The average molecular weight is 471 g/mol. The Morgan fingerprint density at radius 3 is 2.35 bits per heavy atom. The first kappa shape index (κ1) is 27.0. The van der Waals surface area contributed by atoms with Crippen LogP contribution in [0.1, 0.15) is 50.7 Å². The maximum absolute atomic E-state index is 13.4. The monoisotopic (exact) mass is 470 g/mol. The van der Waals surface area contributed by atoms with Crippen LogP contribution in [0.15, 0.2) is 42.5 Å². The fraction of sp³-hybridized carbons (Fsp3) is 0.481. The molecule has 7 heteroatoms. The van der Waals surface area contributed by atoms with Gasteiger partial charge in [0.2, 0.25) is 11.8 Å². The summed E-state index contributed by atoms with van der Waals surface area (Å²) in [6, 6.07) is 12.7. The number of hydrogen-bond acceptors (Lipinski definition) is 5. The van der Waals surface area contributed by atoms with Crippen LogP contribution >= 0.6 is 0 Å². The largest absolute Gasteiger partial charge is 0.497 e. The molecule has 0 heterocycles. The quantitative estimate of drug-likeness (QED) is 0.415. The zero-order valence-corrected chi connectivity index (χ0v) is 21.1. The third kappa shape index (κ3) is 7.68. The molecule has 2 rings (SSSR count). The first-order chi connectivity index (χ1) is 16.5. The van der Waals surface area contributed by atoms with Gasteiger partial charge in [0, 0.05) is 19.5 Å². The molecule has 0 saturated carbocycles. The molecule has 34 heavy (non-hydrogen) atoms. The van der Waals surface area contributed by atoms with Crippen molar-refractivity contribution >= 4 is 11.8 Å². The van der Waals surface area contributed by atoms with Crippen molar-refractivity contribution in [2.45, 2.75) is 58.5 Å². The molecule has 0 bridgehead atoms. The van der Waals surface area contributed by atoms with Gasteiger partial charge in [-0.15, -0.1) is 0 Å². The minimum Gasteiger partial charge on any atom is -0.497 e. The highest BCUT2D eigenvalue weighted by molar-refractivity contribution is 5.87. The molecule has 7 nitrogen and oxygen atoms in total. The van der Waals surface area contributed by atoms with E-state index in [-0.39, 0.29) is 18.2 Å². The Morgan fingerprint density at radius 1 is 0.941 bits per heavy atom. The Bertz CT molecular complexity index is 931. The SMILES string of the molecule is CCCCNC(=O)[C@H](CC)N(Cc1cccc(OC)c1)C(=O)CCc1ccc(OC)c(OC)c1. The normalized spacial score (nSPS) is 11.4. The number of nitrogens with one attached hydrogen (secondary N) is 1. The van der Waals surface area contributed by atoms with E-state index in [0.717, 1.165) is 29.7 Å². The number of benzene rings is 2. The first-order valence-electron chi connectivity index (χ1n) is 11.9. The summed E-state index contributed by atoms with van der Waals surface area (Å²) in [5.74, 6) is 1.80. The molecule has 2 aromatic carbocycles. The van der Waals surface area contributed by atoms with Crippen LogP contribution < -0.4 is 19.5 Å². The van der Waals surface area contributed by atoms with E-state index in [4.69, 9.17) is 14.2 Å². The molecule has 1 atom stereocenters. The van der Waals surface area contributed by atoms with Gasteiger partial charge in [0.25, 0.3) is 0 Å². The number of carbonyl (C=O) groups excluding carboxylic acids is 2. The zero-order chi connectivity index (χ0) is 24.9. The predicted molar refractivity (Wildman–Crippen MR) is 133 cm³/mol. The van der Waals surface area contributed by atoms with Crippen LogP contribution in [-0.4, -0.2) is 50.6 Å². The van der Waals surface area contributed by atoms with Gasteiger partial charge in [-0.1, -0.05) is 38.5 Å². The summed E-state index contributed by atoms with van der Waals surface area (Å²) >= 11 is 0. The van der Waals surface area contributed by atoms with E-state index in [1.165, 1.54) is 0 Å². The van der Waals surface area contributed by atoms with Gasteiger partial charge in [-0.2, -0.15) is 0 Å². The van der Waals surface area contributed by atoms with E-state index in [9.17, 15) is 9.59 Å². The smallest absolute Gasteiger partial charge is 0.242 e. The van der Waals surface area contributed by atoms with Crippen molar-refractivity contribution in [2.75, 3.05) is 27.9 Å². The molecule has 2 amide bonds. The third-order valence-corrected chi connectivity index (χ3v) is 5.78. The van der Waals surface area contributed by atoms with E-state index in [1.54, 1.807) is 26.2 Å². The molecule has 0 aliphatic carbocycles. The maximum atomic E-state index is 13.4. The van der Waals surface area contributed by atoms with E-state index in [1.807, 2.05) is 49.4 Å². The topological polar surface area (TPSA) is 77.1 Å². The molecule has 0 saturated heterocycles. The highest BCUT2D eigenvalue weighted by atomic mass is 16.5. The molecule has 0 aromatic heterocycles. The summed E-state index contributed by atoms with van der Waals surface area (Å²) in [5.41, 5.74) is 1.88. The van der Waals surface area contributed by atoms with Crippen LogP contribution in [0.4, 0.5) is 0 Å². The fourth-order valence-electron chi connectivity index (χ4n) is 3.82. The Kier molecular flexibility index (Phi) is 11.2. The van der Waals surface area contributed by atoms with Crippen molar-refractivity contribution in [2.24, 2.45) is 0 Å². The van der Waals surface area contributed by atoms with Crippen LogP contribution in [-0.2, 0) is 22.6 Å². The van der Waals surface area contributed by atoms with Crippen LogP contribution in [0.2, 0.25) is 0 Å². The van der Waals surface area contributed by atoms with Crippen molar-refractivity contribution in [1.29, 1.82) is 0 Å². The Morgan fingerprint density at radius 2 is 1.71 bits per heavy atom. The van der Waals surface area contributed by atoms with Crippen LogP contribution in [0.3, 0.4) is 0 Å². The van der Waals surface area contributed by atoms with Crippen molar-refractivity contribution in [3.8, 4) is 17.2 Å². The molecule has 0 fully saturated rings. The summed E-state index contributed by atoms with van der Waals surface area (Å²) < 4.78 is 16.0. The summed E-state index contributed by atoms with van der Waals surface area (Å²) in [6.45, 7) is 4.96. The van der Waals surface area contributed by atoms with E-state index < -0.39 is 6.04 Å². The first-order valence-corrected chi connectivity index (χ1v) is 11.9. The van der Waals surface area contributed by atoms with Gasteiger partial charge in [0.05, 0.1) is 21.3 Å². The molecule has 0 aliphatic heterocycles. The van der Waals surface area contributed by atoms with Crippen LogP contribution in [0, 0.1) is 0 Å². The highest BCUT2D eigenvalue weighted by Crippen LogP contribution is 2.28. The van der Waals surface area contributed by atoms with Crippen molar-refractivity contribution < 1.29 is 23.8 Å². The molecule has 0 radical (unpaired) electrons. The Labute approximate surface area is 203 Å². The summed E-state index contributed by atoms with van der Waals surface area (Å²) in [7, 11) is 4.79. The van der Waals surface area contributed by atoms with Gasteiger partial charge in [-0.3, -0.25) is 9.59 Å². The van der Waals surface area contributed by atoms with E-state index >= 15 is 0 Å². The van der Waals surface area contributed by atoms with Crippen molar-refractivity contribution in [3.05, 3.63) is 53.6 Å². The number of nitrogens with zero attached hydrogens (tertiary/aromatic N) is 1. The van der Waals surface area contributed by atoms with E-state index in [2.05, 4.69) is 12.2 Å². The van der Waals surface area contributed by atoms with Gasteiger partial charge in [0.1, 0.15) is 11.8 Å². The number of aryl methyl sites for hydroxylation is 1. The lowest BCUT2D eigenvalue weighted by molar-refractivity contribution is -0.141. The molecule has 0 spiro atoms. The number of hydrogen-bond donors (Lipinski definition) is 1. The standard InChI is InChI=1S/C27H38N2O5/c1-6-8-16-28-27(31)23(7-2)29(19-21-10-9-11-22(17-21)32-3)26(30)15-13-20-12-14-24(33-4)25(18-20)34-5/h9-12,14,17-18,23H,6-8,13,15-16,19H2,1-5H3,(H,28,31)/t23-/m0/s1. The second-order valence-electron chi connectivity index (χ2n) is 8.13. The van der Waals surface area contributed by atoms with Gasteiger partial charge in [-0.05, 0) is 54.7 Å². The number of unbranched alkanes of at least 4 members (excludes halogenated alkanes) is 1. The van der Waals surface area contributed by atoms with Crippen LogP contribution in [0.25, 0.3) is 0 Å². The van der Waals surface area contributed by atoms with E-state index in [0.29, 0.717) is 37.4 Å². The molecule has 1 N–H and O–H groups in total. The third-order valence-electron chi connectivity index (χ3n) is 5.78. The molecular formula is C27H38N2O5. The summed E-state index contributed by atoms with van der Waals surface area (Å²) in [5, 5.41) is 2.99. The predicted octanol–water partition coefficient (Wildman–Crippen LogP) is 4.37. The molecule has 0 aliphatic rings. The van der Waals surface area contributed by atoms with Gasteiger partial charge in [-0.25, -0.2) is 0 Å². The van der Waals surface area contributed by atoms with Crippen LogP contribution in [0.5, 0.6) is 17.2 Å².